The highest BCUT2D eigenvalue weighted by atomic mass is 16.3. The van der Waals surface area contributed by atoms with Crippen molar-refractivity contribution in [3.8, 4) is 0 Å². The number of aliphatic hydroxyl groups is 1. The van der Waals surface area contributed by atoms with Crippen LogP contribution in [0.3, 0.4) is 0 Å². The molecule has 1 rings (SSSR count). The molecule has 16 heavy (non-hydrogen) atoms. The van der Waals surface area contributed by atoms with Crippen LogP contribution in [0, 0.1) is 0 Å². The Morgan fingerprint density at radius 3 is 2.44 bits per heavy atom. The third-order valence-electron chi connectivity index (χ3n) is 3.15. The molecule has 92 valence electrons. The fourth-order valence-corrected chi connectivity index (χ4v) is 2.15. The summed E-state index contributed by atoms with van der Waals surface area (Å²) in [5.41, 5.74) is -1.42. The lowest BCUT2D eigenvalue weighted by Crippen LogP contribution is -2.40. The predicted octanol–water partition coefficient (Wildman–Crippen LogP) is 1.47. The van der Waals surface area contributed by atoms with E-state index in [1.54, 1.807) is 6.92 Å². The van der Waals surface area contributed by atoms with Gasteiger partial charge in [-0.3, -0.25) is 14.5 Å². The van der Waals surface area contributed by atoms with Crippen molar-refractivity contribution in [3.63, 3.8) is 0 Å². The first-order chi connectivity index (χ1) is 7.55. The maximum Gasteiger partial charge on any atom is 0.261 e. The van der Waals surface area contributed by atoms with Gasteiger partial charge in [0, 0.05) is 6.54 Å². The minimum Gasteiger partial charge on any atom is -0.379 e. The Morgan fingerprint density at radius 1 is 1.25 bits per heavy atom. The van der Waals surface area contributed by atoms with Gasteiger partial charge in [-0.1, -0.05) is 32.6 Å². The second kappa shape index (κ2) is 5.43. The molecule has 1 unspecified atom stereocenters. The van der Waals surface area contributed by atoms with Crippen LogP contribution in [0.4, 0.5) is 0 Å². The summed E-state index contributed by atoms with van der Waals surface area (Å²) in [5.74, 6) is -0.651. The smallest absolute Gasteiger partial charge is 0.261 e. The first kappa shape index (κ1) is 13.2. The van der Waals surface area contributed by atoms with E-state index in [0.29, 0.717) is 13.0 Å². The van der Waals surface area contributed by atoms with Crippen molar-refractivity contribution in [2.45, 2.75) is 58.0 Å². The minimum atomic E-state index is -1.42. The molecule has 4 nitrogen and oxygen atoms in total. The van der Waals surface area contributed by atoms with Crippen LogP contribution in [0.1, 0.15) is 52.4 Å². The van der Waals surface area contributed by atoms with Crippen LogP contribution in [0.2, 0.25) is 0 Å². The minimum absolute atomic E-state index is 0.0359. The average molecular weight is 227 g/mol. The molecule has 0 spiro atoms. The van der Waals surface area contributed by atoms with Crippen molar-refractivity contribution in [2.75, 3.05) is 6.54 Å². The van der Waals surface area contributed by atoms with E-state index in [2.05, 4.69) is 6.92 Å². The van der Waals surface area contributed by atoms with E-state index in [9.17, 15) is 14.7 Å². The van der Waals surface area contributed by atoms with Crippen LogP contribution < -0.4 is 0 Å². The molecule has 0 aromatic carbocycles. The summed E-state index contributed by atoms with van der Waals surface area (Å²) in [7, 11) is 0. The van der Waals surface area contributed by atoms with E-state index in [-0.39, 0.29) is 12.3 Å². The molecule has 4 heteroatoms. The van der Waals surface area contributed by atoms with E-state index < -0.39 is 11.5 Å². The Hall–Kier alpha value is -0.900. The molecular weight excluding hydrogens is 206 g/mol. The number of likely N-dealkylation sites (tertiary alicyclic amines) is 1. The van der Waals surface area contributed by atoms with Gasteiger partial charge in [-0.05, 0) is 13.3 Å². The topological polar surface area (TPSA) is 57.6 Å². The number of imide groups is 1. The van der Waals surface area contributed by atoms with E-state index in [1.165, 1.54) is 0 Å². The lowest BCUT2D eigenvalue weighted by atomic mass is 9.94. The van der Waals surface area contributed by atoms with Gasteiger partial charge >= 0.3 is 0 Å². The van der Waals surface area contributed by atoms with Crippen LogP contribution in [-0.2, 0) is 9.59 Å². The number of likely N-dealkylation sites (N-methyl/N-ethyl adjacent to an activating group) is 1. The van der Waals surface area contributed by atoms with Crippen LogP contribution in [-0.4, -0.2) is 34.0 Å². The first-order valence-corrected chi connectivity index (χ1v) is 6.12. The second-order valence-electron chi connectivity index (χ2n) is 4.46. The Labute approximate surface area is 96.6 Å². The van der Waals surface area contributed by atoms with Crippen molar-refractivity contribution < 1.29 is 14.7 Å². The van der Waals surface area contributed by atoms with Crippen molar-refractivity contribution in [1.29, 1.82) is 0 Å². The third kappa shape index (κ3) is 2.61. The molecule has 1 atom stereocenters. The number of carbonyl (C=O) groups excluding carboxylic acids is 2. The molecule has 1 fully saturated rings. The van der Waals surface area contributed by atoms with Gasteiger partial charge in [0.1, 0.15) is 0 Å². The Balaban J connectivity index is 2.51. The van der Waals surface area contributed by atoms with E-state index in [0.717, 1.165) is 30.6 Å². The maximum absolute atomic E-state index is 11.8. The number of rotatable bonds is 6. The molecule has 0 saturated carbocycles. The molecule has 2 amide bonds. The molecule has 1 heterocycles. The molecule has 1 aliphatic rings. The van der Waals surface area contributed by atoms with Gasteiger partial charge in [-0.15, -0.1) is 0 Å². The highest BCUT2D eigenvalue weighted by molar-refractivity contribution is 6.07. The Kier molecular flexibility index (Phi) is 4.47. The molecule has 1 aliphatic heterocycles. The number of hydrogen-bond acceptors (Lipinski definition) is 3. The number of carbonyl (C=O) groups is 2. The van der Waals surface area contributed by atoms with Crippen molar-refractivity contribution in [3.05, 3.63) is 0 Å². The number of amides is 2. The number of nitrogens with zero attached hydrogens (tertiary/aromatic N) is 1. The van der Waals surface area contributed by atoms with Crippen molar-refractivity contribution in [2.24, 2.45) is 0 Å². The number of hydrogen-bond donors (Lipinski definition) is 1. The van der Waals surface area contributed by atoms with E-state index in [1.807, 2.05) is 0 Å². The fourth-order valence-electron chi connectivity index (χ4n) is 2.15. The lowest BCUT2D eigenvalue weighted by Gasteiger charge is -2.20. The largest absolute Gasteiger partial charge is 0.379 e. The molecule has 1 saturated heterocycles. The summed E-state index contributed by atoms with van der Waals surface area (Å²) in [6.45, 7) is 4.21. The predicted molar refractivity (Wildman–Crippen MR) is 60.7 cm³/mol. The fraction of sp³-hybridized carbons (Fsp3) is 0.833. The maximum atomic E-state index is 11.8. The summed E-state index contributed by atoms with van der Waals surface area (Å²) >= 11 is 0. The van der Waals surface area contributed by atoms with Crippen LogP contribution in [0.25, 0.3) is 0 Å². The summed E-state index contributed by atoms with van der Waals surface area (Å²) in [4.78, 5) is 24.4. The summed E-state index contributed by atoms with van der Waals surface area (Å²) in [6, 6.07) is 0. The van der Waals surface area contributed by atoms with Gasteiger partial charge in [0.2, 0.25) is 5.91 Å². The van der Waals surface area contributed by atoms with Crippen LogP contribution in [0.5, 0.6) is 0 Å². The molecule has 0 radical (unpaired) electrons. The van der Waals surface area contributed by atoms with E-state index in [4.69, 9.17) is 0 Å². The molecule has 0 aromatic rings. The Bertz CT molecular complexity index is 277. The first-order valence-electron chi connectivity index (χ1n) is 6.12. The lowest BCUT2D eigenvalue weighted by molar-refractivity contribution is -0.145. The quantitative estimate of drug-likeness (QED) is 0.552. The molecule has 0 aliphatic carbocycles. The monoisotopic (exact) mass is 227 g/mol. The standard InChI is InChI=1S/C12H21NO3/c1-3-5-6-7-8-12(16)9-10(14)13(4-2)11(12)15/h16H,3-9H2,1-2H3. The van der Waals surface area contributed by atoms with Gasteiger partial charge < -0.3 is 5.11 Å². The third-order valence-corrected chi connectivity index (χ3v) is 3.15. The average Bonchev–Trinajstić information content (AvgIpc) is 2.45. The summed E-state index contributed by atoms with van der Waals surface area (Å²) in [5, 5.41) is 10.1. The second-order valence-corrected chi connectivity index (χ2v) is 4.46. The number of unbranched alkanes of at least 4 members (excludes halogenated alkanes) is 3. The SMILES string of the molecule is CCCCCCC1(O)CC(=O)N(CC)C1=O. The summed E-state index contributed by atoms with van der Waals surface area (Å²) in [6.07, 6.45) is 4.41. The molecule has 0 bridgehead atoms. The van der Waals surface area contributed by atoms with Gasteiger partial charge in [-0.25, -0.2) is 0 Å². The molecule has 1 N–H and O–H groups in total. The normalized spacial score (nSPS) is 25.6. The highest BCUT2D eigenvalue weighted by Gasteiger charge is 2.49. The van der Waals surface area contributed by atoms with Gasteiger partial charge in [0.25, 0.3) is 5.91 Å². The van der Waals surface area contributed by atoms with Gasteiger partial charge in [0.15, 0.2) is 5.60 Å². The van der Waals surface area contributed by atoms with Gasteiger partial charge in [-0.2, -0.15) is 0 Å². The van der Waals surface area contributed by atoms with Crippen molar-refractivity contribution >= 4 is 11.8 Å². The van der Waals surface area contributed by atoms with Crippen LogP contribution in [0.15, 0.2) is 0 Å². The molecular formula is C12H21NO3. The zero-order valence-corrected chi connectivity index (χ0v) is 10.2. The van der Waals surface area contributed by atoms with Crippen LogP contribution >= 0.6 is 0 Å². The van der Waals surface area contributed by atoms with E-state index >= 15 is 0 Å². The molecule has 0 aromatic heterocycles. The van der Waals surface area contributed by atoms with Crippen molar-refractivity contribution in [1.82, 2.24) is 4.90 Å². The highest BCUT2D eigenvalue weighted by Crippen LogP contribution is 2.29. The zero-order valence-electron chi connectivity index (χ0n) is 10.2. The Morgan fingerprint density at radius 2 is 1.94 bits per heavy atom. The van der Waals surface area contributed by atoms with Gasteiger partial charge in [0.05, 0.1) is 6.42 Å². The zero-order chi connectivity index (χ0) is 12.2. The summed E-state index contributed by atoms with van der Waals surface area (Å²) < 4.78 is 0.